The van der Waals surface area contributed by atoms with Crippen molar-refractivity contribution in [2.75, 3.05) is 0 Å². The van der Waals surface area contributed by atoms with E-state index in [1.54, 1.807) is 12.1 Å². The zero-order valence-electron chi connectivity index (χ0n) is 9.69. The van der Waals surface area contributed by atoms with Gasteiger partial charge in [-0.15, -0.1) is 0 Å². The Kier molecular flexibility index (Phi) is 3.99. The maximum absolute atomic E-state index is 5.81. The smallest absolute Gasteiger partial charge is 0.219 e. The number of hydrogen-bond donors (Lipinski definition) is 0. The highest BCUT2D eigenvalue weighted by molar-refractivity contribution is 6.30. The fourth-order valence-corrected chi connectivity index (χ4v) is 1.66. The first-order valence-electron chi connectivity index (χ1n) is 5.67. The van der Waals surface area contributed by atoms with Gasteiger partial charge in [-0.3, -0.25) is 0 Å². The van der Waals surface area contributed by atoms with Crippen molar-refractivity contribution in [3.63, 3.8) is 0 Å². The molecule has 88 valence electrons. The molecular weight excluding hydrogens is 234 g/mol. The molecule has 0 radical (unpaired) electrons. The quantitative estimate of drug-likeness (QED) is 0.795. The minimum atomic E-state index is 0.623. The van der Waals surface area contributed by atoms with Crippen LogP contribution >= 0.6 is 11.6 Å². The highest BCUT2D eigenvalue weighted by Crippen LogP contribution is 2.21. The minimum absolute atomic E-state index is 0.623. The van der Waals surface area contributed by atoms with Crippen LogP contribution in [0.25, 0.3) is 0 Å². The van der Waals surface area contributed by atoms with Crippen molar-refractivity contribution in [2.24, 2.45) is 0 Å². The van der Waals surface area contributed by atoms with Crippen LogP contribution in [0.5, 0.6) is 11.6 Å². The van der Waals surface area contributed by atoms with Crippen LogP contribution in [0.2, 0.25) is 5.02 Å². The van der Waals surface area contributed by atoms with Crippen LogP contribution in [0.15, 0.2) is 42.5 Å². The number of aryl methyl sites for hydroxylation is 1. The van der Waals surface area contributed by atoms with E-state index in [0.717, 1.165) is 24.3 Å². The summed E-state index contributed by atoms with van der Waals surface area (Å²) in [5, 5.41) is 0.699. The second kappa shape index (κ2) is 5.69. The molecular formula is C14H14ClNO. The number of benzene rings is 1. The van der Waals surface area contributed by atoms with Crippen molar-refractivity contribution in [1.29, 1.82) is 0 Å². The average Bonchev–Trinajstić information content (AvgIpc) is 2.33. The van der Waals surface area contributed by atoms with Crippen LogP contribution in [-0.4, -0.2) is 4.98 Å². The van der Waals surface area contributed by atoms with Crippen LogP contribution in [-0.2, 0) is 6.42 Å². The first kappa shape index (κ1) is 11.9. The zero-order valence-corrected chi connectivity index (χ0v) is 10.4. The Morgan fingerprint density at radius 1 is 1.12 bits per heavy atom. The molecule has 2 nitrogen and oxygen atoms in total. The zero-order chi connectivity index (χ0) is 12.1. The molecule has 0 saturated carbocycles. The number of halogens is 1. The van der Waals surface area contributed by atoms with Crippen molar-refractivity contribution >= 4 is 11.6 Å². The molecule has 0 bridgehead atoms. The summed E-state index contributed by atoms with van der Waals surface area (Å²) < 4.78 is 5.65. The maximum atomic E-state index is 5.81. The van der Waals surface area contributed by atoms with E-state index in [2.05, 4.69) is 11.9 Å². The van der Waals surface area contributed by atoms with Gasteiger partial charge in [0.1, 0.15) is 5.75 Å². The van der Waals surface area contributed by atoms with E-state index in [1.165, 1.54) is 0 Å². The van der Waals surface area contributed by atoms with E-state index >= 15 is 0 Å². The van der Waals surface area contributed by atoms with Crippen LogP contribution in [0.1, 0.15) is 19.0 Å². The Morgan fingerprint density at radius 2 is 1.88 bits per heavy atom. The molecule has 0 fully saturated rings. The lowest BCUT2D eigenvalue weighted by Gasteiger charge is -2.06. The van der Waals surface area contributed by atoms with Gasteiger partial charge in [0.05, 0.1) is 0 Å². The normalized spacial score (nSPS) is 10.2. The van der Waals surface area contributed by atoms with Crippen LogP contribution in [0, 0.1) is 0 Å². The maximum Gasteiger partial charge on any atom is 0.219 e. The molecule has 0 aliphatic rings. The van der Waals surface area contributed by atoms with Gasteiger partial charge >= 0.3 is 0 Å². The van der Waals surface area contributed by atoms with Crippen molar-refractivity contribution in [3.05, 3.63) is 53.2 Å². The number of aromatic nitrogens is 1. The van der Waals surface area contributed by atoms with E-state index in [0.29, 0.717) is 10.9 Å². The van der Waals surface area contributed by atoms with E-state index < -0.39 is 0 Å². The van der Waals surface area contributed by atoms with Gasteiger partial charge in [-0.1, -0.05) is 31.0 Å². The predicted molar refractivity (Wildman–Crippen MR) is 69.8 cm³/mol. The van der Waals surface area contributed by atoms with Gasteiger partial charge in [-0.25, -0.2) is 4.98 Å². The largest absolute Gasteiger partial charge is 0.439 e. The molecule has 17 heavy (non-hydrogen) atoms. The molecule has 0 unspecified atom stereocenters. The van der Waals surface area contributed by atoms with Gasteiger partial charge in [-0.05, 0) is 36.8 Å². The van der Waals surface area contributed by atoms with E-state index in [4.69, 9.17) is 16.3 Å². The highest BCUT2D eigenvalue weighted by atomic mass is 35.5. The Balaban J connectivity index is 2.12. The van der Waals surface area contributed by atoms with Crippen LogP contribution in [0.4, 0.5) is 0 Å². The van der Waals surface area contributed by atoms with Gasteiger partial charge in [0.2, 0.25) is 5.88 Å². The third-order valence-electron chi connectivity index (χ3n) is 2.32. The average molecular weight is 248 g/mol. The number of rotatable bonds is 4. The molecule has 2 rings (SSSR count). The molecule has 0 N–H and O–H groups in total. The minimum Gasteiger partial charge on any atom is -0.439 e. The summed E-state index contributed by atoms with van der Waals surface area (Å²) in [4.78, 5) is 4.42. The van der Waals surface area contributed by atoms with Gasteiger partial charge in [0.15, 0.2) is 0 Å². The summed E-state index contributed by atoms with van der Waals surface area (Å²) in [5.41, 5.74) is 1.05. The van der Waals surface area contributed by atoms with Crippen molar-refractivity contribution in [1.82, 2.24) is 4.98 Å². The molecule has 0 aliphatic heterocycles. The predicted octanol–water partition coefficient (Wildman–Crippen LogP) is 4.48. The van der Waals surface area contributed by atoms with Crippen molar-refractivity contribution in [3.8, 4) is 11.6 Å². The Labute approximate surface area is 106 Å². The third-order valence-corrected chi connectivity index (χ3v) is 2.58. The van der Waals surface area contributed by atoms with Gasteiger partial charge in [-0.2, -0.15) is 0 Å². The van der Waals surface area contributed by atoms with Gasteiger partial charge in [0, 0.05) is 16.8 Å². The molecule has 3 heteroatoms. The monoisotopic (exact) mass is 247 g/mol. The number of pyridine rings is 1. The van der Waals surface area contributed by atoms with E-state index in [9.17, 15) is 0 Å². The first-order valence-corrected chi connectivity index (χ1v) is 6.05. The van der Waals surface area contributed by atoms with Crippen LogP contribution in [0.3, 0.4) is 0 Å². The second-order valence-electron chi connectivity index (χ2n) is 3.77. The van der Waals surface area contributed by atoms with Crippen LogP contribution < -0.4 is 4.74 Å². The highest BCUT2D eigenvalue weighted by Gasteiger charge is 2.00. The molecule has 0 saturated heterocycles. The summed E-state index contributed by atoms with van der Waals surface area (Å²) in [5.74, 6) is 1.37. The second-order valence-corrected chi connectivity index (χ2v) is 4.21. The van der Waals surface area contributed by atoms with Gasteiger partial charge in [0.25, 0.3) is 0 Å². The molecule has 0 amide bonds. The summed E-state index contributed by atoms with van der Waals surface area (Å²) in [7, 11) is 0. The number of hydrogen-bond acceptors (Lipinski definition) is 2. The summed E-state index contributed by atoms with van der Waals surface area (Å²) in [6.45, 7) is 2.13. The lowest BCUT2D eigenvalue weighted by atomic mass is 10.2. The molecule has 0 aliphatic carbocycles. The Bertz CT molecular complexity index is 482. The topological polar surface area (TPSA) is 22.1 Å². The Morgan fingerprint density at radius 3 is 2.59 bits per heavy atom. The first-order chi connectivity index (χ1) is 8.28. The molecule has 2 aromatic rings. The molecule has 1 heterocycles. The fourth-order valence-electron chi connectivity index (χ4n) is 1.53. The molecule has 1 aromatic heterocycles. The summed E-state index contributed by atoms with van der Waals surface area (Å²) >= 11 is 5.81. The lowest BCUT2D eigenvalue weighted by molar-refractivity contribution is 0.460. The summed E-state index contributed by atoms with van der Waals surface area (Å²) in [6.07, 6.45) is 2.05. The number of ether oxygens (including phenoxy) is 1. The SMILES string of the molecule is CCCc1cccc(Oc2ccc(Cl)cc2)n1. The summed E-state index contributed by atoms with van der Waals surface area (Å²) in [6, 6.07) is 13.1. The molecule has 0 atom stereocenters. The van der Waals surface area contributed by atoms with Gasteiger partial charge < -0.3 is 4.74 Å². The molecule has 0 spiro atoms. The lowest BCUT2D eigenvalue weighted by Crippen LogP contribution is -1.92. The van der Waals surface area contributed by atoms with Crippen molar-refractivity contribution < 1.29 is 4.74 Å². The van der Waals surface area contributed by atoms with E-state index in [1.807, 2.05) is 30.3 Å². The number of nitrogens with zero attached hydrogens (tertiary/aromatic N) is 1. The van der Waals surface area contributed by atoms with E-state index in [-0.39, 0.29) is 0 Å². The molecule has 1 aromatic carbocycles. The third kappa shape index (κ3) is 3.46. The standard InChI is InChI=1S/C14H14ClNO/c1-2-4-12-5-3-6-14(16-12)17-13-9-7-11(15)8-10-13/h3,5-10H,2,4H2,1H3. The van der Waals surface area contributed by atoms with Crippen molar-refractivity contribution in [2.45, 2.75) is 19.8 Å². The fraction of sp³-hybridized carbons (Fsp3) is 0.214. The Hall–Kier alpha value is -1.54.